The Hall–Kier alpha value is -2.24. The Kier molecular flexibility index (Phi) is 4.27. The minimum atomic E-state index is -0.156. The number of ether oxygens (including phenoxy) is 1. The van der Waals surface area contributed by atoms with Crippen LogP contribution in [0.25, 0.3) is 0 Å². The van der Waals surface area contributed by atoms with Gasteiger partial charge >= 0.3 is 0 Å². The van der Waals surface area contributed by atoms with Crippen LogP contribution < -0.4 is 15.0 Å². The molecule has 4 rings (SSSR count). The van der Waals surface area contributed by atoms with E-state index in [1.165, 1.54) is 0 Å². The number of hydrogen-bond acceptors (Lipinski definition) is 4. The molecule has 1 atom stereocenters. The summed E-state index contributed by atoms with van der Waals surface area (Å²) >= 11 is 0. The molecule has 1 N–H and O–H groups in total. The van der Waals surface area contributed by atoms with Crippen LogP contribution in [0.2, 0.25) is 0 Å². The molecule has 0 unspecified atom stereocenters. The summed E-state index contributed by atoms with van der Waals surface area (Å²) in [6.45, 7) is 2.34. The molecule has 6 nitrogen and oxygen atoms in total. The summed E-state index contributed by atoms with van der Waals surface area (Å²) in [5.41, 5.74) is 1.63. The van der Waals surface area contributed by atoms with E-state index < -0.39 is 0 Å². The molecule has 2 fully saturated rings. The van der Waals surface area contributed by atoms with Crippen molar-refractivity contribution in [1.82, 2.24) is 10.2 Å². The fraction of sp³-hybridized carbons (Fsp3) is 0.579. The molecule has 6 heteroatoms. The number of hydrogen-bond donors (Lipinski definition) is 1. The number of likely N-dealkylation sites (tertiary alicyclic amines) is 1. The van der Waals surface area contributed by atoms with Gasteiger partial charge in [0.2, 0.25) is 5.91 Å². The van der Waals surface area contributed by atoms with Crippen molar-refractivity contribution in [2.24, 2.45) is 0 Å². The van der Waals surface area contributed by atoms with Gasteiger partial charge in [0.15, 0.2) is 0 Å². The van der Waals surface area contributed by atoms with Crippen molar-refractivity contribution < 1.29 is 14.3 Å². The lowest BCUT2D eigenvalue weighted by Crippen LogP contribution is -2.41. The maximum atomic E-state index is 12.6. The molecule has 2 amide bonds. The molecule has 0 aromatic heterocycles. The van der Waals surface area contributed by atoms with Gasteiger partial charge in [-0.2, -0.15) is 0 Å². The van der Waals surface area contributed by atoms with Gasteiger partial charge in [-0.15, -0.1) is 0 Å². The normalized spacial score (nSPS) is 22.4. The largest absolute Gasteiger partial charge is 0.486 e. The topological polar surface area (TPSA) is 61.9 Å². The van der Waals surface area contributed by atoms with Gasteiger partial charge in [-0.3, -0.25) is 9.59 Å². The minimum Gasteiger partial charge on any atom is -0.486 e. The zero-order chi connectivity index (χ0) is 17.4. The molecule has 0 radical (unpaired) electrons. The smallest absolute Gasteiger partial charge is 0.253 e. The van der Waals surface area contributed by atoms with Crippen molar-refractivity contribution in [1.29, 1.82) is 0 Å². The van der Waals surface area contributed by atoms with E-state index in [1.54, 1.807) is 0 Å². The first-order valence-corrected chi connectivity index (χ1v) is 9.20. The first kappa shape index (κ1) is 16.2. The van der Waals surface area contributed by atoms with Crippen molar-refractivity contribution in [3.05, 3.63) is 23.8 Å². The zero-order valence-corrected chi connectivity index (χ0v) is 14.7. The number of anilines is 1. The fourth-order valence-electron chi connectivity index (χ4n) is 3.60. The second-order valence-corrected chi connectivity index (χ2v) is 7.35. The molecule has 1 aliphatic carbocycles. The van der Waals surface area contributed by atoms with E-state index in [1.807, 2.05) is 30.1 Å². The van der Waals surface area contributed by atoms with E-state index in [0.29, 0.717) is 24.6 Å². The summed E-state index contributed by atoms with van der Waals surface area (Å²) in [6.07, 6.45) is 4.57. The van der Waals surface area contributed by atoms with Crippen LogP contribution in [0, 0.1) is 0 Å². The van der Waals surface area contributed by atoms with Crippen LogP contribution in [0.15, 0.2) is 18.2 Å². The molecule has 0 spiro atoms. The summed E-state index contributed by atoms with van der Waals surface area (Å²) in [5, 5.41) is 3.01. The molecule has 1 aromatic rings. The summed E-state index contributed by atoms with van der Waals surface area (Å²) in [5.74, 6) is 0.903. The first-order valence-electron chi connectivity index (χ1n) is 9.20. The summed E-state index contributed by atoms with van der Waals surface area (Å²) in [7, 11) is 1.98. The van der Waals surface area contributed by atoms with E-state index in [-0.39, 0.29) is 17.9 Å². The predicted octanol–water partition coefficient (Wildman–Crippen LogP) is 1.79. The maximum Gasteiger partial charge on any atom is 0.253 e. The quantitative estimate of drug-likeness (QED) is 0.905. The number of carbonyl (C=O) groups is 2. The third-order valence-corrected chi connectivity index (χ3v) is 5.14. The van der Waals surface area contributed by atoms with Crippen molar-refractivity contribution in [3.63, 3.8) is 0 Å². The number of nitrogens with one attached hydrogen (secondary N) is 1. The number of carbonyl (C=O) groups excluding carboxylic acids is 2. The molecule has 1 saturated heterocycles. The zero-order valence-electron chi connectivity index (χ0n) is 14.7. The molecular weight excluding hydrogens is 318 g/mol. The Bertz CT molecular complexity index is 680. The standard InChI is InChI=1S/C19H25N3O3/c1-21-12-15(11-18(23)20-14-5-6-14)25-17-7-4-13(10-16(17)21)19(24)22-8-2-3-9-22/h4,7,10,14-15H,2-3,5-6,8-9,11-12H2,1H3,(H,20,23)/t15-/m0/s1. The highest BCUT2D eigenvalue weighted by Crippen LogP contribution is 2.34. The van der Waals surface area contributed by atoms with Crippen molar-refractivity contribution in [2.75, 3.05) is 31.6 Å². The lowest BCUT2D eigenvalue weighted by Gasteiger charge is -2.34. The molecule has 134 valence electrons. The monoisotopic (exact) mass is 343 g/mol. The Balaban J connectivity index is 1.44. The van der Waals surface area contributed by atoms with E-state index >= 15 is 0 Å². The van der Waals surface area contributed by atoms with E-state index in [9.17, 15) is 9.59 Å². The Labute approximate surface area is 148 Å². The average Bonchev–Trinajstić information content (AvgIpc) is 3.23. The van der Waals surface area contributed by atoms with Gasteiger partial charge in [0.1, 0.15) is 11.9 Å². The van der Waals surface area contributed by atoms with Gasteiger partial charge in [0.25, 0.3) is 5.91 Å². The lowest BCUT2D eigenvalue weighted by atomic mass is 10.1. The van der Waals surface area contributed by atoms with Crippen LogP contribution in [0.3, 0.4) is 0 Å². The average molecular weight is 343 g/mol. The molecular formula is C19H25N3O3. The fourth-order valence-corrected chi connectivity index (χ4v) is 3.60. The van der Waals surface area contributed by atoms with Crippen LogP contribution in [0.1, 0.15) is 42.5 Å². The second kappa shape index (κ2) is 6.58. The van der Waals surface area contributed by atoms with Crippen LogP contribution >= 0.6 is 0 Å². The van der Waals surface area contributed by atoms with Gasteiger partial charge in [0.05, 0.1) is 18.7 Å². The highest BCUT2D eigenvalue weighted by molar-refractivity contribution is 5.96. The highest BCUT2D eigenvalue weighted by atomic mass is 16.5. The van der Waals surface area contributed by atoms with Gasteiger partial charge in [0, 0.05) is 31.7 Å². The number of amides is 2. The van der Waals surface area contributed by atoms with Gasteiger partial charge < -0.3 is 19.9 Å². The molecule has 2 heterocycles. The molecule has 0 bridgehead atoms. The van der Waals surface area contributed by atoms with Gasteiger partial charge in [-0.25, -0.2) is 0 Å². The van der Waals surface area contributed by atoms with Crippen molar-refractivity contribution in [2.45, 2.75) is 44.2 Å². The summed E-state index contributed by atoms with van der Waals surface area (Å²) in [6, 6.07) is 5.98. The number of fused-ring (bicyclic) bond motifs is 1. The van der Waals surface area contributed by atoms with Crippen LogP contribution in [0.5, 0.6) is 5.75 Å². The lowest BCUT2D eigenvalue weighted by molar-refractivity contribution is -0.122. The molecule has 25 heavy (non-hydrogen) atoms. The third-order valence-electron chi connectivity index (χ3n) is 5.14. The third kappa shape index (κ3) is 3.57. The molecule has 3 aliphatic rings. The highest BCUT2D eigenvalue weighted by Gasteiger charge is 2.29. The van der Waals surface area contributed by atoms with Crippen LogP contribution in [0.4, 0.5) is 5.69 Å². The number of rotatable bonds is 4. The minimum absolute atomic E-state index is 0.0604. The Morgan fingerprint density at radius 2 is 2.00 bits per heavy atom. The molecule has 2 aliphatic heterocycles. The molecule has 1 aromatic carbocycles. The van der Waals surface area contributed by atoms with Gasteiger partial charge in [-0.05, 0) is 43.9 Å². The van der Waals surface area contributed by atoms with Crippen molar-refractivity contribution >= 4 is 17.5 Å². The Morgan fingerprint density at radius 3 is 2.72 bits per heavy atom. The first-order chi connectivity index (χ1) is 12.1. The van der Waals surface area contributed by atoms with E-state index in [4.69, 9.17) is 4.74 Å². The summed E-state index contributed by atoms with van der Waals surface area (Å²) < 4.78 is 6.01. The maximum absolute atomic E-state index is 12.6. The predicted molar refractivity (Wildman–Crippen MR) is 95.0 cm³/mol. The number of benzene rings is 1. The Morgan fingerprint density at radius 1 is 1.24 bits per heavy atom. The summed E-state index contributed by atoms with van der Waals surface area (Å²) in [4.78, 5) is 28.6. The molecule has 1 saturated carbocycles. The second-order valence-electron chi connectivity index (χ2n) is 7.35. The van der Waals surface area contributed by atoms with Crippen LogP contribution in [-0.4, -0.2) is 55.5 Å². The van der Waals surface area contributed by atoms with E-state index in [2.05, 4.69) is 10.2 Å². The van der Waals surface area contributed by atoms with Crippen molar-refractivity contribution in [3.8, 4) is 5.75 Å². The van der Waals surface area contributed by atoms with E-state index in [0.717, 1.165) is 50.2 Å². The number of likely N-dealkylation sites (N-methyl/N-ethyl adjacent to an activating group) is 1. The van der Waals surface area contributed by atoms with Crippen LogP contribution in [-0.2, 0) is 4.79 Å². The van der Waals surface area contributed by atoms with Gasteiger partial charge in [-0.1, -0.05) is 0 Å². The SMILES string of the molecule is CN1C[C@H](CC(=O)NC2CC2)Oc2ccc(C(=O)N3CCCC3)cc21. The number of nitrogens with zero attached hydrogens (tertiary/aromatic N) is 2.